The van der Waals surface area contributed by atoms with Crippen molar-refractivity contribution in [3.63, 3.8) is 0 Å². The lowest BCUT2D eigenvalue weighted by molar-refractivity contribution is 0.0770. The van der Waals surface area contributed by atoms with Crippen LogP contribution in [-0.4, -0.2) is 33.1 Å². The van der Waals surface area contributed by atoms with E-state index in [0.29, 0.717) is 11.8 Å². The van der Waals surface area contributed by atoms with Gasteiger partial charge in [-0.15, -0.1) is 0 Å². The summed E-state index contributed by atoms with van der Waals surface area (Å²) in [5, 5.41) is 0. The highest BCUT2D eigenvalue weighted by atomic mass is 28.3. The zero-order chi connectivity index (χ0) is 19.8. The van der Waals surface area contributed by atoms with Crippen molar-refractivity contribution in [1.82, 2.24) is 0 Å². The maximum absolute atomic E-state index is 6.59. The highest BCUT2D eigenvalue weighted by molar-refractivity contribution is 6.81. The molecule has 0 radical (unpaired) electrons. The van der Waals surface area contributed by atoms with E-state index in [2.05, 4.69) is 27.7 Å². The summed E-state index contributed by atoms with van der Waals surface area (Å²) in [5.41, 5.74) is 0.474. The van der Waals surface area contributed by atoms with Gasteiger partial charge in [0.05, 0.1) is 20.4 Å². The van der Waals surface area contributed by atoms with Gasteiger partial charge in [-0.05, 0) is 6.42 Å². The molecule has 27 heavy (non-hydrogen) atoms. The van der Waals surface area contributed by atoms with Crippen LogP contribution in [0.25, 0.3) is 0 Å². The lowest BCUT2D eigenvalue weighted by atomic mass is 10.2. The zero-order valence-corrected chi connectivity index (χ0v) is 20.2. The second kappa shape index (κ2) is 16.0. The van der Waals surface area contributed by atoms with Crippen LogP contribution in [0.4, 0.5) is 0 Å². The van der Waals surface area contributed by atoms with Crippen LogP contribution in [0.1, 0.15) is 111 Å². The van der Waals surface area contributed by atoms with Gasteiger partial charge in [0.15, 0.2) is 0 Å². The van der Waals surface area contributed by atoms with Crippen LogP contribution < -0.4 is 0 Å². The standard InChI is InChI=1S/C24H50O2Si/c1-5-9-12-15-19-27(20-16-13-10-6-2,21-17-14-11-7-3)24(23-22-26-23)25-18-8-4/h23-24H,5-22H2,1-4H3. The molecule has 0 bridgehead atoms. The fourth-order valence-electron chi connectivity index (χ4n) is 4.67. The summed E-state index contributed by atoms with van der Waals surface area (Å²) in [6, 6.07) is 4.46. The minimum atomic E-state index is -1.46. The van der Waals surface area contributed by atoms with Crippen LogP contribution in [0, 0.1) is 0 Å². The molecule has 0 N–H and O–H groups in total. The van der Waals surface area contributed by atoms with Crippen LogP contribution in [-0.2, 0) is 9.47 Å². The summed E-state index contributed by atoms with van der Waals surface area (Å²) in [5.74, 6) is 0. The molecular weight excluding hydrogens is 348 g/mol. The highest BCUT2D eigenvalue weighted by Gasteiger charge is 2.49. The molecule has 0 amide bonds. The van der Waals surface area contributed by atoms with Crippen molar-refractivity contribution in [2.75, 3.05) is 13.2 Å². The van der Waals surface area contributed by atoms with Gasteiger partial charge < -0.3 is 9.47 Å². The van der Waals surface area contributed by atoms with E-state index in [9.17, 15) is 0 Å². The van der Waals surface area contributed by atoms with Gasteiger partial charge in [-0.3, -0.25) is 0 Å². The maximum atomic E-state index is 6.59. The monoisotopic (exact) mass is 398 g/mol. The Hall–Kier alpha value is 0.137. The Bertz CT molecular complexity index is 299. The summed E-state index contributed by atoms with van der Waals surface area (Å²) in [6.45, 7) is 11.1. The molecule has 0 saturated carbocycles. The first kappa shape index (κ1) is 25.2. The maximum Gasteiger partial charge on any atom is 0.104 e. The largest absolute Gasteiger partial charge is 0.379 e. The van der Waals surface area contributed by atoms with E-state index in [1.165, 1.54) is 95.2 Å². The van der Waals surface area contributed by atoms with Crippen molar-refractivity contribution in [3.05, 3.63) is 0 Å². The number of rotatable bonds is 20. The van der Waals surface area contributed by atoms with Crippen molar-refractivity contribution in [2.45, 2.75) is 141 Å². The van der Waals surface area contributed by atoms with Gasteiger partial charge in [0.25, 0.3) is 0 Å². The van der Waals surface area contributed by atoms with Gasteiger partial charge in [0, 0.05) is 6.61 Å². The van der Waals surface area contributed by atoms with E-state index in [1.54, 1.807) is 0 Å². The van der Waals surface area contributed by atoms with Crippen molar-refractivity contribution in [3.8, 4) is 0 Å². The molecule has 0 aromatic rings. The molecule has 2 atom stereocenters. The van der Waals surface area contributed by atoms with Crippen LogP contribution in [0.15, 0.2) is 0 Å². The number of unbranched alkanes of at least 4 members (excludes halogenated alkanes) is 9. The lowest BCUT2D eigenvalue weighted by Gasteiger charge is -2.39. The van der Waals surface area contributed by atoms with E-state index < -0.39 is 8.07 Å². The predicted octanol–water partition coefficient (Wildman–Crippen LogP) is 7.91. The molecule has 1 heterocycles. The fraction of sp³-hybridized carbons (Fsp3) is 1.00. The molecule has 0 aromatic carbocycles. The number of hydrogen-bond acceptors (Lipinski definition) is 2. The molecule has 162 valence electrons. The second-order valence-electron chi connectivity index (χ2n) is 8.96. The van der Waals surface area contributed by atoms with Crippen LogP contribution >= 0.6 is 0 Å². The smallest absolute Gasteiger partial charge is 0.104 e. The number of ether oxygens (including phenoxy) is 2. The third kappa shape index (κ3) is 10.5. The minimum absolute atomic E-state index is 0.437. The van der Waals surface area contributed by atoms with Crippen molar-refractivity contribution < 1.29 is 9.47 Å². The summed E-state index contributed by atoms with van der Waals surface area (Å²) in [7, 11) is -1.46. The summed E-state index contributed by atoms with van der Waals surface area (Å²) >= 11 is 0. The van der Waals surface area contributed by atoms with Gasteiger partial charge in [0.1, 0.15) is 6.10 Å². The normalized spacial score (nSPS) is 18.0. The van der Waals surface area contributed by atoms with Gasteiger partial charge in [-0.25, -0.2) is 0 Å². The Morgan fingerprint density at radius 3 is 1.48 bits per heavy atom. The Morgan fingerprint density at radius 1 is 0.704 bits per heavy atom. The average molecular weight is 399 g/mol. The quantitative estimate of drug-likeness (QED) is 0.118. The van der Waals surface area contributed by atoms with Gasteiger partial charge >= 0.3 is 0 Å². The van der Waals surface area contributed by atoms with Crippen LogP contribution in [0.5, 0.6) is 0 Å². The van der Waals surface area contributed by atoms with Crippen LogP contribution in [0.2, 0.25) is 18.1 Å². The second-order valence-corrected chi connectivity index (χ2v) is 13.8. The lowest BCUT2D eigenvalue weighted by Crippen LogP contribution is -2.52. The molecule has 1 aliphatic heterocycles. The molecule has 2 unspecified atom stereocenters. The average Bonchev–Trinajstić information content (AvgIpc) is 3.51. The van der Waals surface area contributed by atoms with Crippen molar-refractivity contribution >= 4 is 8.07 Å². The molecule has 1 rings (SSSR count). The van der Waals surface area contributed by atoms with Crippen LogP contribution in [0.3, 0.4) is 0 Å². The topological polar surface area (TPSA) is 21.8 Å². The molecule has 3 heteroatoms. The van der Waals surface area contributed by atoms with E-state index in [4.69, 9.17) is 9.47 Å². The molecular formula is C24H50O2Si. The van der Waals surface area contributed by atoms with E-state index in [-0.39, 0.29) is 0 Å². The SMILES string of the molecule is CCCCCC[Si](CCCCCC)(CCCCCC)C(OCCC)C1CO1. The predicted molar refractivity (Wildman–Crippen MR) is 122 cm³/mol. The molecule has 0 aliphatic carbocycles. The van der Waals surface area contributed by atoms with E-state index >= 15 is 0 Å². The first-order valence-electron chi connectivity index (χ1n) is 12.5. The summed E-state index contributed by atoms with van der Waals surface area (Å²) in [6.07, 6.45) is 18.3. The van der Waals surface area contributed by atoms with Gasteiger partial charge in [-0.1, -0.05) is 123 Å². The molecule has 0 aromatic heterocycles. The van der Waals surface area contributed by atoms with Crippen molar-refractivity contribution in [1.29, 1.82) is 0 Å². The Kier molecular flexibility index (Phi) is 14.9. The molecule has 2 nitrogen and oxygen atoms in total. The minimum Gasteiger partial charge on any atom is -0.379 e. The van der Waals surface area contributed by atoms with E-state index in [1.807, 2.05) is 0 Å². The summed E-state index contributed by atoms with van der Waals surface area (Å²) < 4.78 is 12.5. The fourth-order valence-corrected chi connectivity index (χ4v) is 10.6. The third-order valence-electron chi connectivity index (χ3n) is 6.39. The summed E-state index contributed by atoms with van der Waals surface area (Å²) in [4.78, 5) is 0. The zero-order valence-electron chi connectivity index (χ0n) is 19.2. The molecule has 1 aliphatic rings. The Morgan fingerprint density at radius 2 is 1.15 bits per heavy atom. The Labute approximate surface area is 172 Å². The molecule has 1 fully saturated rings. The van der Waals surface area contributed by atoms with Gasteiger partial charge in [0.2, 0.25) is 0 Å². The number of hydrogen-bond donors (Lipinski definition) is 0. The first-order valence-corrected chi connectivity index (χ1v) is 15.2. The van der Waals surface area contributed by atoms with Crippen molar-refractivity contribution in [2.24, 2.45) is 0 Å². The third-order valence-corrected chi connectivity index (χ3v) is 12.2. The van der Waals surface area contributed by atoms with Gasteiger partial charge in [-0.2, -0.15) is 0 Å². The Balaban J connectivity index is 2.83. The van der Waals surface area contributed by atoms with E-state index in [0.717, 1.165) is 19.6 Å². The first-order chi connectivity index (χ1) is 13.2. The number of epoxide rings is 1. The highest BCUT2D eigenvalue weighted by Crippen LogP contribution is 2.38. The molecule has 1 saturated heterocycles. The molecule has 0 spiro atoms.